The third-order valence-electron chi connectivity index (χ3n) is 4.48. The molecule has 1 atom stereocenters. The number of carbonyl (C=O) groups is 4. The van der Waals surface area contributed by atoms with Gasteiger partial charge in [-0.1, -0.05) is 48.5 Å². The molecule has 1 unspecified atom stereocenters. The largest absolute Gasteiger partial charge is 0.451 e. The van der Waals surface area contributed by atoms with Crippen molar-refractivity contribution in [2.24, 2.45) is 0 Å². The number of benzene rings is 2. The van der Waals surface area contributed by atoms with E-state index < -0.39 is 23.9 Å². The van der Waals surface area contributed by atoms with Crippen molar-refractivity contribution in [1.29, 1.82) is 0 Å². The second kappa shape index (κ2) is 11.5. The van der Waals surface area contributed by atoms with Gasteiger partial charge in [0.25, 0.3) is 5.91 Å². The van der Waals surface area contributed by atoms with Gasteiger partial charge >= 0.3 is 5.97 Å². The van der Waals surface area contributed by atoms with Crippen LogP contribution in [0.3, 0.4) is 0 Å². The maximum atomic E-state index is 12.1. The molecule has 0 aliphatic heterocycles. The maximum Gasteiger partial charge on any atom is 0.326 e. The van der Waals surface area contributed by atoms with Crippen LogP contribution in [0.25, 0.3) is 0 Å². The molecule has 0 bridgehead atoms. The van der Waals surface area contributed by atoms with Crippen LogP contribution in [0.4, 0.5) is 5.69 Å². The highest BCUT2D eigenvalue weighted by atomic mass is 16.5. The molecule has 31 heavy (non-hydrogen) atoms. The average Bonchev–Trinajstić information content (AvgIpc) is 2.74. The summed E-state index contributed by atoms with van der Waals surface area (Å²) in [6.07, 6.45) is -0.967. The summed E-state index contributed by atoms with van der Waals surface area (Å²) in [5.74, 6) is -2.08. The van der Waals surface area contributed by atoms with Crippen molar-refractivity contribution in [2.45, 2.75) is 33.3 Å². The van der Waals surface area contributed by atoms with Crippen LogP contribution in [0.5, 0.6) is 0 Å². The molecule has 164 valence electrons. The second-order valence-corrected chi connectivity index (χ2v) is 7.10. The topological polar surface area (TPSA) is 114 Å². The molecule has 0 saturated heterocycles. The monoisotopic (exact) mass is 425 g/mol. The van der Waals surface area contributed by atoms with Crippen LogP contribution in [-0.4, -0.2) is 42.9 Å². The molecule has 0 aliphatic carbocycles. The van der Waals surface area contributed by atoms with Gasteiger partial charge in [0.2, 0.25) is 11.8 Å². The van der Waals surface area contributed by atoms with Crippen LogP contribution >= 0.6 is 0 Å². The molecule has 2 aromatic carbocycles. The number of ether oxygens (including phenoxy) is 1. The van der Waals surface area contributed by atoms with Gasteiger partial charge in [-0.3, -0.25) is 19.2 Å². The van der Waals surface area contributed by atoms with Gasteiger partial charge in [0.15, 0.2) is 6.10 Å². The van der Waals surface area contributed by atoms with Crippen LogP contribution < -0.4 is 16.0 Å². The summed E-state index contributed by atoms with van der Waals surface area (Å²) in [5.41, 5.74) is 3.35. The third kappa shape index (κ3) is 7.93. The van der Waals surface area contributed by atoms with E-state index in [0.29, 0.717) is 5.69 Å². The highest BCUT2D eigenvalue weighted by molar-refractivity contribution is 5.96. The minimum atomic E-state index is -1.11. The maximum absolute atomic E-state index is 12.1. The molecule has 0 fully saturated rings. The molecule has 0 radical (unpaired) electrons. The van der Waals surface area contributed by atoms with Crippen LogP contribution in [0.15, 0.2) is 48.5 Å². The van der Waals surface area contributed by atoms with E-state index in [9.17, 15) is 19.2 Å². The summed E-state index contributed by atoms with van der Waals surface area (Å²) in [6, 6.07) is 14.7. The first-order valence-electron chi connectivity index (χ1n) is 9.90. The Morgan fingerprint density at radius 3 is 2.13 bits per heavy atom. The zero-order chi connectivity index (χ0) is 22.8. The van der Waals surface area contributed by atoms with Crippen molar-refractivity contribution >= 4 is 29.4 Å². The minimum absolute atomic E-state index is 0.139. The number of hydrogen-bond acceptors (Lipinski definition) is 5. The summed E-state index contributed by atoms with van der Waals surface area (Å²) in [7, 11) is 0. The highest BCUT2D eigenvalue weighted by Gasteiger charge is 2.19. The van der Waals surface area contributed by atoms with E-state index in [0.717, 1.165) is 16.7 Å². The van der Waals surface area contributed by atoms with Crippen molar-refractivity contribution in [3.63, 3.8) is 0 Å². The lowest BCUT2D eigenvalue weighted by Crippen LogP contribution is -2.41. The molecule has 2 aromatic rings. The summed E-state index contributed by atoms with van der Waals surface area (Å²) in [6.45, 7) is 4.53. The molecule has 0 spiro atoms. The number of para-hydroxylation sites is 1. The Bertz CT molecular complexity index is 923. The average molecular weight is 425 g/mol. The molecule has 8 nitrogen and oxygen atoms in total. The first-order valence-corrected chi connectivity index (χ1v) is 9.90. The lowest BCUT2D eigenvalue weighted by molar-refractivity contribution is -0.154. The number of esters is 1. The van der Waals surface area contributed by atoms with E-state index in [1.54, 1.807) is 12.1 Å². The molecule has 8 heteroatoms. The number of anilines is 1. The Hall–Kier alpha value is -3.68. The molecule has 0 saturated carbocycles. The molecule has 0 aliphatic rings. The van der Waals surface area contributed by atoms with Gasteiger partial charge in [0.05, 0.1) is 13.0 Å². The first kappa shape index (κ1) is 23.6. The fourth-order valence-corrected chi connectivity index (χ4v) is 2.81. The Morgan fingerprint density at radius 2 is 1.48 bits per heavy atom. The Labute approximate surface area is 181 Å². The first-order chi connectivity index (χ1) is 14.8. The SMILES string of the molecule is Cc1cccc(C)c1NC(=O)CNC(=O)C(C)OC(=O)CNC(=O)Cc1ccccc1. The lowest BCUT2D eigenvalue weighted by atomic mass is 10.1. The predicted molar refractivity (Wildman–Crippen MR) is 116 cm³/mol. The fourth-order valence-electron chi connectivity index (χ4n) is 2.81. The van der Waals surface area contributed by atoms with E-state index >= 15 is 0 Å². The number of carbonyl (C=O) groups excluding carboxylic acids is 4. The molecule has 3 amide bonds. The van der Waals surface area contributed by atoms with Gasteiger partial charge in [-0.2, -0.15) is 0 Å². The van der Waals surface area contributed by atoms with E-state index in [1.165, 1.54) is 6.92 Å². The lowest BCUT2D eigenvalue weighted by Gasteiger charge is -2.15. The van der Waals surface area contributed by atoms with Crippen molar-refractivity contribution in [3.05, 3.63) is 65.2 Å². The molecule has 2 rings (SSSR count). The van der Waals surface area contributed by atoms with Crippen LogP contribution in [0.2, 0.25) is 0 Å². The van der Waals surface area contributed by atoms with Gasteiger partial charge in [-0.25, -0.2) is 0 Å². The zero-order valence-electron chi connectivity index (χ0n) is 17.9. The molecular weight excluding hydrogens is 398 g/mol. The summed E-state index contributed by atoms with van der Waals surface area (Å²) >= 11 is 0. The summed E-state index contributed by atoms with van der Waals surface area (Å²) < 4.78 is 5.00. The zero-order valence-corrected chi connectivity index (χ0v) is 17.9. The van der Waals surface area contributed by atoms with E-state index in [-0.39, 0.29) is 25.4 Å². The quantitative estimate of drug-likeness (QED) is 0.529. The summed E-state index contributed by atoms with van der Waals surface area (Å²) in [4.78, 5) is 47.9. The van der Waals surface area contributed by atoms with Crippen LogP contribution in [-0.2, 0) is 30.3 Å². The van der Waals surface area contributed by atoms with Crippen LogP contribution in [0, 0.1) is 13.8 Å². The molecule has 0 aromatic heterocycles. The number of amides is 3. The predicted octanol–water partition coefficient (Wildman–Crippen LogP) is 1.65. The van der Waals surface area contributed by atoms with Crippen molar-refractivity contribution in [1.82, 2.24) is 10.6 Å². The molecule has 3 N–H and O–H groups in total. The normalized spacial score (nSPS) is 11.2. The van der Waals surface area contributed by atoms with Gasteiger partial charge in [-0.15, -0.1) is 0 Å². The Morgan fingerprint density at radius 1 is 0.839 bits per heavy atom. The number of aryl methyl sites for hydroxylation is 2. The fraction of sp³-hybridized carbons (Fsp3) is 0.304. The Balaban J connectivity index is 1.70. The minimum Gasteiger partial charge on any atom is -0.451 e. The second-order valence-electron chi connectivity index (χ2n) is 7.10. The van der Waals surface area contributed by atoms with E-state index in [2.05, 4.69) is 16.0 Å². The number of hydrogen-bond donors (Lipinski definition) is 3. The van der Waals surface area contributed by atoms with Crippen molar-refractivity contribution in [2.75, 3.05) is 18.4 Å². The standard InChI is InChI=1S/C23H27N3O5/c1-15-8-7-9-16(2)22(15)26-20(28)13-25-23(30)17(3)31-21(29)14-24-19(27)12-18-10-5-4-6-11-18/h4-11,17H,12-14H2,1-3H3,(H,24,27)(H,25,30)(H,26,28). The molecule has 0 heterocycles. The van der Waals surface area contributed by atoms with E-state index in [1.807, 2.05) is 50.2 Å². The Kier molecular flexibility index (Phi) is 8.75. The third-order valence-corrected chi connectivity index (χ3v) is 4.48. The van der Waals surface area contributed by atoms with E-state index in [4.69, 9.17) is 4.74 Å². The highest BCUT2D eigenvalue weighted by Crippen LogP contribution is 2.18. The molecular formula is C23H27N3O5. The van der Waals surface area contributed by atoms with Gasteiger partial charge < -0.3 is 20.7 Å². The number of rotatable bonds is 9. The smallest absolute Gasteiger partial charge is 0.326 e. The summed E-state index contributed by atoms with van der Waals surface area (Å²) in [5, 5.41) is 7.64. The van der Waals surface area contributed by atoms with Gasteiger partial charge in [-0.05, 0) is 37.5 Å². The van der Waals surface area contributed by atoms with Crippen molar-refractivity contribution < 1.29 is 23.9 Å². The van der Waals surface area contributed by atoms with Crippen molar-refractivity contribution in [3.8, 4) is 0 Å². The number of nitrogens with one attached hydrogen (secondary N) is 3. The van der Waals surface area contributed by atoms with Gasteiger partial charge in [0.1, 0.15) is 6.54 Å². The van der Waals surface area contributed by atoms with Crippen LogP contribution in [0.1, 0.15) is 23.6 Å². The van der Waals surface area contributed by atoms with Gasteiger partial charge in [0, 0.05) is 5.69 Å².